The van der Waals surface area contributed by atoms with Gasteiger partial charge >= 0.3 is 0 Å². The number of rotatable bonds is 4. The number of nitrogens with zero attached hydrogens (tertiary/aromatic N) is 3. The van der Waals surface area contributed by atoms with Gasteiger partial charge in [0.2, 0.25) is 5.95 Å². The Hall–Kier alpha value is -1.13. The Morgan fingerprint density at radius 1 is 1.26 bits per heavy atom. The highest BCUT2D eigenvalue weighted by atomic mass is 79.9. The van der Waals surface area contributed by atoms with E-state index in [9.17, 15) is 0 Å². The van der Waals surface area contributed by atoms with Crippen LogP contribution >= 0.6 is 27.5 Å². The molecular formula is C14H15BrClN3. The molecule has 1 heterocycles. The van der Waals surface area contributed by atoms with Crippen LogP contribution in [0.4, 0.5) is 5.95 Å². The van der Waals surface area contributed by atoms with Crippen LogP contribution in [0, 0.1) is 6.92 Å². The van der Waals surface area contributed by atoms with Gasteiger partial charge in [0.1, 0.15) is 0 Å². The SMILES string of the molecule is Cc1nc(N(C)Cc2ccccc2Br)ncc1CCl. The fourth-order valence-corrected chi connectivity index (χ4v) is 2.42. The fourth-order valence-electron chi connectivity index (χ4n) is 1.75. The molecule has 0 unspecified atom stereocenters. The Morgan fingerprint density at radius 3 is 2.63 bits per heavy atom. The maximum absolute atomic E-state index is 5.81. The van der Waals surface area contributed by atoms with Crippen LogP contribution in [0.15, 0.2) is 34.9 Å². The van der Waals surface area contributed by atoms with E-state index in [4.69, 9.17) is 11.6 Å². The maximum Gasteiger partial charge on any atom is 0.225 e. The van der Waals surface area contributed by atoms with Gasteiger partial charge in [-0.3, -0.25) is 0 Å². The Bertz CT molecular complexity index is 574. The summed E-state index contributed by atoms with van der Waals surface area (Å²) < 4.78 is 1.09. The normalized spacial score (nSPS) is 10.5. The van der Waals surface area contributed by atoms with Crippen molar-refractivity contribution in [3.63, 3.8) is 0 Å². The van der Waals surface area contributed by atoms with E-state index < -0.39 is 0 Å². The molecule has 2 rings (SSSR count). The summed E-state index contributed by atoms with van der Waals surface area (Å²) in [5.74, 6) is 1.15. The second-order valence-corrected chi connectivity index (χ2v) is 5.48. The number of aryl methyl sites for hydroxylation is 1. The average molecular weight is 341 g/mol. The van der Waals surface area contributed by atoms with Gasteiger partial charge in [-0.15, -0.1) is 11.6 Å². The van der Waals surface area contributed by atoms with Gasteiger partial charge in [-0.25, -0.2) is 9.97 Å². The van der Waals surface area contributed by atoms with Gasteiger partial charge < -0.3 is 4.90 Å². The van der Waals surface area contributed by atoms with E-state index in [-0.39, 0.29) is 0 Å². The molecule has 2 aromatic rings. The molecule has 0 fully saturated rings. The van der Waals surface area contributed by atoms with Crippen molar-refractivity contribution in [3.8, 4) is 0 Å². The quantitative estimate of drug-likeness (QED) is 0.790. The molecule has 100 valence electrons. The van der Waals surface area contributed by atoms with Crippen LogP contribution in [0.3, 0.4) is 0 Å². The molecule has 5 heteroatoms. The number of hydrogen-bond acceptors (Lipinski definition) is 3. The molecular weight excluding hydrogens is 326 g/mol. The zero-order chi connectivity index (χ0) is 13.8. The second-order valence-electron chi connectivity index (χ2n) is 4.36. The molecule has 0 aliphatic carbocycles. The summed E-state index contributed by atoms with van der Waals surface area (Å²) in [5, 5.41) is 0. The summed E-state index contributed by atoms with van der Waals surface area (Å²) in [6.07, 6.45) is 1.79. The molecule has 0 amide bonds. The third-order valence-electron chi connectivity index (χ3n) is 2.92. The smallest absolute Gasteiger partial charge is 0.225 e. The first kappa shape index (κ1) is 14.3. The fraction of sp³-hybridized carbons (Fsp3) is 0.286. The molecule has 19 heavy (non-hydrogen) atoms. The van der Waals surface area contributed by atoms with Gasteiger partial charge in [-0.1, -0.05) is 34.1 Å². The van der Waals surface area contributed by atoms with Gasteiger partial charge in [-0.2, -0.15) is 0 Å². The summed E-state index contributed by atoms with van der Waals surface area (Å²) in [6, 6.07) is 8.15. The summed E-state index contributed by atoms with van der Waals surface area (Å²) in [7, 11) is 1.98. The van der Waals surface area contributed by atoms with Gasteiger partial charge in [0.15, 0.2) is 0 Å². The van der Waals surface area contributed by atoms with E-state index in [2.05, 4.69) is 32.0 Å². The molecule has 0 saturated heterocycles. The van der Waals surface area contributed by atoms with E-state index in [1.165, 1.54) is 5.56 Å². The Morgan fingerprint density at radius 2 is 2.00 bits per heavy atom. The Balaban J connectivity index is 2.18. The van der Waals surface area contributed by atoms with Gasteiger partial charge in [-0.05, 0) is 18.6 Å². The second kappa shape index (κ2) is 6.35. The molecule has 1 aromatic carbocycles. The highest BCUT2D eigenvalue weighted by molar-refractivity contribution is 9.10. The van der Waals surface area contributed by atoms with E-state index in [0.717, 1.165) is 22.3 Å². The molecule has 1 aromatic heterocycles. The number of benzene rings is 1. The van der Waals surface area contributed by atoms with Crippen molar-refractivity contribution >= 4 is 33.5 Å². The van der Waals surface area contributed by atoms with E-state index in [1.807, 2.05) is 37.1 Å². The topological polar surface area (TPSA) is 29.0 Å². The molecule has 0 aliphatic rings. The van der Waals surface area contributed by atoms with Crippen LogP contribution in [0.2, 0.25) is 0 Å². The first-order valence-corrected chi connectivity index (χ1v) is 7.27. The summed E-state index contributed by atoms with van der Waals surface area (Å²) in [4.78, 5) is 10.9. The van der Waals surface area contributed by atoms with E-state index in [1.54, 1.807) is 6.20 Å². The zero-order valence-corrected chi connectivity index (χ0v) is 13.2. The van der Waals surface area contributed by atoms with Crippen molar-refractivity contribution in [2.45, 2.75) is 19.3 Å². The number of hydrogen-bond donors (Lipinski definition) is 0. The maximum atomic E-state index is 5.81. The third kappa shape index (κ3) is 3.45. The monoisotopic (exact) mass is 339 g/mol. The number of alkyl halides is 1. The van der Waals surface area contributed by atoms with E-state index >= 15 is 0 Å². The van der Waals surface area contributed by atoms with E-state index in [0.29, 0.717) is 11.8 Å². The van der Waals surface area contributed by atoms with Crippen molar-refractivity contribution < 1.29 is 0 Å². The molecule has 0 spiro atoms. The van der Waals surface area contributed by atoms with Crippen LogP contribution in [0.5, 0.6) is 0 Å². The van der Waals surface area contributed by atoms with Gasteiger partial charge in [0, 0.05) is 35.5 Å². The van der Waals surface area contributed by atoms with Crippen molar-refractivity contribution in [3.05, 3.63) is 51.8 Å². The summed E-state index contributed by atoms with van der Waals surface area (Å²) in [6.45, 7) is 2.70. The minimum Gasteiger partial charge on any atom is -0.340 e. The Labute approximate surface area is 126 Å². The van der Waals surface area contributed by atoms with Crippen molar-refractivity contribution in [2.75, 3.05) is 11.9 Å². The minimum absolute atomic E-state index is 0.445. The first-order chi connectivity index (χ1) is 9.11. The summed E-state index contributed by atoms with van der Waals surface area (Å²) in [5.41, 5.74) is 3.10. The molecule has 0 atom stereocenters. The predicted octanol–water partition coefficient (Wildman–Crippen LogP) is 3.92. The van der Waals surface area contributed by atoms with Crippen molar-refractivity contribution in [2.24, 2.45) is 0 Å². The largest absolute Gasteiger partial charge is 0.340 e. The highest BCUT2D eigenvalue weighted by Crippen LogP contribution is 2.19. The molecule has 0 bridgehead atoms. The molecule has 0 radical (unpaired) electrons. The average Bonchev–Trinajstić information content (AvgIpc) is 2.41. The predicted molar refractivity (Wildman–Crippen MR) is 82.6 cm³/mol. The lowest BCUT2D eigenvalue weighted by molar-refractivity contribution is 0.851. The van der Waals surface area contributed by atoms with Crippen molar-refractivity contribution in [1.82, 2.24) is 9.97 Å². The third-order valence-corrected chi connectivity index (χ3v) is 3.98. The lowest BCUT2D eigenvalue weighted by Gasteiger charge is -2.18. The van der Waals surface area contributed by atoms with Gasteiger partial charge in [0.05, 0.1) is 5.88 Å². The number of anilines is 1. The standard InChI is InChI=1S/C14H15BrClN3/c1-10-12(7-16)8-17-14(18-10)19(2)9-11-5-3-4-6-13(11)15/h3-6,8H,7,9H2,1-2H3. The molecule has 0 aliphatic heterocycles. The van der Waals surface area contributed by atoms with Crippen LogP contribution in [0.1, 0.15) is 16.8 Å². The minimum atomic E-state index is 0.445. The molecule has 3 nitrogen and oxygen atoms in total. The van der Waals surface area contributed by atoms with Crippen molar-refractivity contribution in [1.29, 1.82) is 0 Å². The van der Waals surface area contributed by atoms with Crippen LogP contribution in [-0.4, -0.2) is 17.0 Å². The van der Waals surface area contributed by atoms with Crippen LogP contribution in [-0.2, 0) is 12.4 Å². The number of aromatic nitrogens is 2. The Kier molecular flexibility index (Phi) is 4.77. The number of halogens is 2. The first-order valence-electron chi connectivity index (χ1n) is 5.95. The zero-order valence-electron chi connectivity index (χ0n) is 10.9. The van der Waals surface area contributed by atoms with Gasteiger partial charge in [0.25, 0.3) is 0 Å². The highest BCUT2D eigenvalue weighted by Gasteiger charge is 2.09. The molecule has 0 saturated carbocycles. The van der Waals surface area contributed by atoms with Crippen LogP contribution < -0.4 is 4.90 Å². The molecule has 0 N–H and O–H groups in total. The summed E-state index contributed by atoms with van der Waals surface area (Å²) >= 11 is 9.36. The lowest BCUT2D eigenvalue weighted by atomic mass is 10.2. The van der Waals surface area contributed by atoms with Crippen LogP contribution in [0.25, 0.3) is 0 Å². The lowest BCUT2D eigenvalue weighted by Crippen LogP contribution is -2.20.